The molecule has 0 bridgehead atoms. The van der Waals surface area contributed by atoms with Crippen molar-refractivity contribution in [2.75, 3.05) is 11.9 Å². The quantitative estimate of drug-likeness (QED) is 0.608. The number of rotatable bonds is 7. The maximum atomic E-state index is 13.5. The molecule has 1 aliphatic carbocycles. The van der Waals surface area contributed by atoms with Crippen LogP contribution >= 0.6 is 11.8 Å². The van der Waals surface area contributed by atoms with Gasteiger partial charge in [0.15, 0.2) is 12.1 Å². The van der Waals surface area contributed by atoms with Gasteiger partial charge in [-0.05, 0) is 54.7 Å². The molecule has 2 aliphatic rings. The predicted molar refractivity (Wildman–Crippen MR) is 129 cm³/mol. The van der Waals surface area contributed by atoms with Crippen molar-refractivity contribution in [2.24, 2.45) is 11.7 Å². The van der Waals surface area contributed by atoms with Gasteiger partial charge in [-0.25, -0.2) is 0 Å². The molecule has 1 saturated heterocycles. The van der Waals surface area contributed by atoms with Crippen molar-refractivity contribution >= 4 is 35.3 Å². The van der Waals surface area contributed by atoms with Crippen LogP contribution in [-0.4, -0.2) is 34.9 Å². The summed E-state index contributed by atoms with van der Waals surface area (Å²) < 4.78 is 5.32. The number of hydrogen-bond acceptors (Lipinski definition) is 5. The molecule has 3 N–H and O–H groups in total. The molecular formula is C25H29N3O3S. The molecule has 32 heavy (non-hydrogen) atoms. The van der Waals surface area contributed by atoms with E-state index in [0.717, 1.165) is 35.4 Å². The van der Waals surface area contributed by atoms with Gasteiger partial charge in [-0.15, -0.1) is 0 Å². The summed E-state index contributed by atoms with van der Waals surface area (Å²) >= 11 is 1.56. The summed E-state index contributed by atoms with van der Waals surface area (Å²) in [6, 6.07) is 17.6. The van der Waals surface area contributed by atoms with Crippen molar-refractivity contribution in [3.8, 4) is 5.75 Å². The first-order chi connectivity index (χ1) is 15.5. The first-order valence-electron chi connectivity index (χ1n) is 11.0. The molecular weight excluding hydrogens is 422 g/mol. The minimum absolute atomic E-state index is 0.0798. The fourth-order valence-electron chi connectivity index (χ4n) is 4.33. The third-order valence-electron chi connectivity index (χ3n) is 5.98. The number of carbonyl (C=O) groups is 2. The lowest BCUT2D eigenvalue weighted by atomic mass is 9.85. The zero-order valence-electron chi connectivity index (χ0n) is 18.2. The number of amides is 2. The van der Waals surface area contributed by atoms with Crippen molar-refractivity contribution in [1.82, 2.24) is 4.90 Å². The first kappa shape index (κ1) is 22.3. The number of hydrogen-bond donors (Lipinski definition) is 2. The molecule has 0 aromatic heterocycles. The fourth-order valence-corrected chi connectivity index (χ4v) is 5.55. The van der Waals surface area contributed by atoms with E-state index in [2.05, 4.69) is 17.1 Å². The number of para-hydroxylation sites is 1. The van der Waals surface area contributed by atoms with Crippen molar-refractivity contribution in [3.63, 3.8) is 0 Å². The second-order valence-electron chi connectivity index (χ2n) is 8.35. The van der Waals surface area contributed by atoms with Crippen molar-refractivity contribution < 1.29 is 14.3 Å². The van der Waals surface area contributed by atoms with Gasteiger partial charge in [0.05, 0.1) is 4.91 Å². The van der Waals surface area contributed by atoms with Gasteiger partial charge in [-0.2, -0.15) is 0 Å². The number of carbonyl (C=O) groups excluding carboxylic acids is 2. The number of anilines is 1. The van der Waals surface area contributed by atoms with E-state index < -0.39 is 5.91 Å². The zero-order chi connectivity index (χ0) is 22.5. The summed E-state index contributed by atoms with van der Waals surface area (Å²) in [6.07, 6.45) is 6.52. The van der Waals surface area contributed by atoms with Crippen LogP contribution < -0.4 is 15.8 Å². The number of nitrogens with two attached hydrogens (primary N) is 1. The average molecular weight is 452 g/mol. The molecule has 1 saturated carbocycles. The van der Waals surface area contributed by atoms with Crippen molar-refractivity contribution in [2.45, 2.75) is 44.1 Å². The SMILES string of the molecule is C[C@@H]1CCCC[C@H]1N1C(=O)/C(=C/c2ccc(OCC(N)=O)cc2)SC1Nc1ccccc1. The Hall–Kier alpha value is -2.93. The third-order valence-corrected chi connectivity index (χ3v) is 7.10. The van der Waals surface area contributed by atoms with Crippen LogP contribution in [0.3, 0.4) is 0 Å². The largest absolute Gasteiger partial charge is 0.484 e. The normalized spacial score (nSPS) is 24.5. The Labute approximate surface area is 193 Å². The van der Waals surface area contributed by atoms with Crippen LogP contribution in [-0.2, 0) is 9.59 Å². The summed E-state index contributed by atoms with van der Waals surface area (Å²) in [5.41, 5.74) is 6.89. The third kappa shape index (κ3) is 5.27. The number of primary amides is 1. The van der Waals surface area contributed by atoms with E-state index in [1.165, 1.54) is 6.42 Å². The van der Waals surface area contributed by atoms with E-state index in [-0.39, 0.29) is 24.1 Å². The molecule has 1 unspecified atom stereocenters. The standard InChI is InChI=1S/C25H29N3O3S/c1-17-7-5-6-10-21(17)28-24(30)22(32-25(28)27-19-8-3-2-4-9-19)15-18-11-13-20(14-12-18)31-16-23(26)29/h2-4,8-9,11-15,17,21,25,27H,5-7,10,16H2,1H3,(H2,26,29)/b22-15-/t17-,21-,25?/m1/s1. The Balaban J connectivity index is 1.56. The van der Waals surface area contributed by atoms with Gasteiger partial charge in [-0.1, -0.05) is 61.9 Å². The maximum Gasteiger partial charge on any atom is 0.262 e. The van der Waals surface area contributed by atoms with Crippen molar-refractivity contribution in [3.05, 3.63) is 65.1 Å². The second kappa shape index (κ2) is 10.1. The summed E-state index contributed by atoms with van der Waals surface area (Å²) in [5.74, 6) is 0.612. The minimum atomic E-state index is -0.516. The van der Waals surface area contributed by atoms with E-state index in [1.807, 2.05) is 48.5 Å². The van der Waals surface area contributed by atoms with E-state index in [0.29, 0.717) is 11.7 Å². The summed E-state index contributed by atoms with van der Waals surface area (Å²) in [5, 5.41) is 3.55. The number of nitrogens with zero attached hydrogens (tertiary/aromatic N) is 1. The van der Waals surface area contributed by atoms with E-state index in [4.69, 9.17) is 10.5 Å². The number of benzene rings is 2. The monoisotopic (exact) mass is 451 g/mol. The van der Waals surface area contributed by atoms with Crippen LogP contribution in [0.15, 0.2) is 59.5 Å². The first-order valence-corrected chi connectivity index (χ1v) is 11.9. The van der Waals surface area contributed by atoms with E-state index in [1.54, 1.807) is 23.9 Å². The highest BCUT2D eigenvalue weighted by atomic mass is 32.2. The molecule has 2 amide bonds. The predicted octanol–water partition coefficient (Wildman–Crippen LogP) is 4.44. The zero-order valence-corrected chi connectivity index (χ0v) is 19.0. The van der Waals surface area contributed by atoms with Crippen LogP contribution in [0, 0.1) is 5.92 Å². The van der Waals surface area contributed by atoms with Gasteiger partial charge in [0, 0.05) is 11.7 Å². The molecule has 0 radical (unpaired) electrons. The molecule has 6 nitrogen and oxygen atoms in total. The van der Waals surface area contributed by atoms with Gasteiger partial charge in [0.1, 0.15) is 5.75 Å². The molecule has 7 heteroatoms. The highest BCUT2D eigenvalue weighted by Crippen LogP contribution is 2.42. The van der Waals surface area contributed by atoms with E-state index >= 15 is 0 Å². The molecule has 1 heterocycles. The van der Waals surface area contributed by atoms with Gasteiger partial charge in [-0.3, -0.25) is 9.59 Å². The summed E-state index contributed by atoms with van der Waals surface area (Å²) in [4.78, 5) is 27.2. The van der Waals surface area contributed by atoms with E-state index in [9.17, 15) is 9.59 Å². The van der Waals surface area contributed by atoms with Crippen LogP contribution in [0.25, 0.3) is 6.08 Å². The maximum absolute atomic E-state index is 13.5. The average Bonchev–Trinajstić information content (AvgIpc) is 3.08. The molecule has 2 aromatic rings. The lowest BCUT2D eigenvalue weighted by molar-refractivity contribution is -0.129. The lowest BCUT2D eigenvalue weighted by Gasteiger charge is -2.39. The van der Waals surface area contributed by atoms with Gasteiger partial charge >= 0.3 is 0 Å². The van der Waals surface area contributed by atoms with Crippen molar-refractivity contribution in [1.29, 1.82) is 0 Å². The molecule has 2 fully saturated rings. The molecule has 1 aliphatic heterocycles. The van der Waals surface area contributed by atoms with Gasteiger partial charge in [0.2, 0.25) is 0 Å². The fraction of sp³-hybridized carbons (Fsp3) is 0.360. The molecule has 168 valence electrons. The second-order valence-corrected chi connectivity index (χ2v) is 9.48. The molecule has 2 aromatic carbocycles. The van der Waals surface area contributed by atoms with Crippen LogP contribution in [0.2, 0.25) is 0 Å². The summed E-state index contributed by atoms with van der Waals surface area (Å²) in [6.45, 7) is 2.10. The summed E-state index contributed by atoms with van der Waals surface area (Å²) in [7, 11) is 0. The Bertz CT molecular complexity index is 978. The Morgan fingerprint density at radius 3 is 2.56 bits per heavy atom. The van der Waals surface area contributed by atoms with Crippen LogP contribution in [0.4, 0.5) is 5.69 Å². The molecule has 0 spiro atoms. The van der Waals surface area contributed by atoms with Gasteiger partial charge < -0.3 is 20.7 Å². The Kier molecular flexibility index (Phi) is 7.05. The van der Waals surface area contributed by atoms with Gasteiger partial charge in [0.25, 0.3) is 11.8 Å². The Morgan fingerprint density at radius 2 is 1.88 bits per heavy atom. The highest BCUT2D eigenvalue weighted by Gasteiger charge is 2.42. The smallest absolute Gasteiger partial charge is 0.262 e. The van der Waals surface area contributed by atoms with Crippen LogP contribution in [0.5, 0.6) is 5.75 Å². The molecule has 4 rings (SSSR count). The lowest BCUT2D eigenvalue weighted by Crippen LogP contribution is -2.48. The number of thioether (sulfide) groups is 1. The minimum Gasteiger partial charge on any atom is -0.484 e. The Morgan fingerprint density at radius 1 is 1.16 bits per heavy atom. The number of nitrogens with one attached hydrogen (secondary N) is 1. The highest BCUT2D eigenvalue weighted by molar-refractivity contribution is 8.05. The topological polar surface area (TPSA) is 84.7 Å². The van der Waals surface area contributed by atoms with Crippen LogP contribution in [0.1, 0.15) is 38.2 Å². The number of ether oxygens (including phenoxy) is 1. The molecule has 3 atom stereocenters.